The molecule has 0 atom stereocenters. The molecule has 1 amide bonds. The molecule has 0 aliphatic heterocycles. The van der Waals surface area contributed by atoms with Crippen molar-refractivity contribution in [1.82, 2.24) is 19.7 Å². The third-order valence-electron chi connectivity index (χ3n) is 5.31. The number of methoxy groups -OCH3 is 1. The number of benzene rings is 2. The van der Waals surface area contributed by atoms with E-state index in [2.05, 4.69) is 35.3 Å². The Labute approximate surface area is 202 Å². The molecule has 8 heteroatoms. The summed E-state index contributed by atoms with van der Waals surface area (Å²) in [6.45, 7) is 3.16. The second kappa shape index (κ2) is 11.2. The quantitative estimate of drug-likeness (QED) is 0.293. The van der Waals surface area contributed by atoms with Crippen molar-refractivity contribution in [2.75, 3.05) is 12.9 Å². The lowest BCUT2D eigenvalue weighted by atomic mass is 10.1. The van der Waals surface area contributed by atoms with E-state index in [0.29, 0.717) is 18.2 Å². The predicted octanol–water partition coefficient (Wildman–Crippen LogP) is 5.22. The van der Waals surface area contributed by atoms with E-state index in [1.54, 1.807) is 24.8 Å². The van der Waals surface area contributed by atoms with E-state index in [1.807, 2.05) is 57.3 Å². The van der Waals surface area contributed by atoms with Gasteiger partial charge in [-0.25, -0.2) is 0 Å². The van der Waals surface area contributed by atoms with Crippen molar-refractivity contribution in [1.29, 1.82) is 0 Å². The molecule has 0 saturated carbocycles. The van der Waals surface area contributed by atoms with Crippen molar-refractivity contribution in [3.05, 3.63) is 88.4 Å². The Morgan fingerprint density at radius 2 is 1.85 bits per heavy atom. The van der Waals surface area contributed by atoms with Crippen LogP contribution >= 0.6 is 23.1 Å². The Morgan fingerprint density at radius 3 is 2.61 bits per heavy atom. The first-order valence-electron chi connectivity index (χ1n) is 10.7. The van der Waals surface area contributed by atoms with E-state index in [4.69, 9.17) is 4.74 Å². The molecule has 0 unspecified atom stereocenters. The SMILES string of the molecule is CCc1ccccc1-n1cnnc1SCC(=O)N(Cc1cccs1)Cc1ccccc1OC. The van der Waals surface area contributed by atoms with Gasteiger partial charge in [-0.2, -0.15) is 0 Å². The molecule has 0 aliphatic carbocycles. The highest BCUT2D eigenvalue weighted by molar-refractivity contribution is 7.99. The minimum atomic E-state index is 0.0395. The number of para-hydroxylation sites is 2. The van der Waals surface area contributed by atoms with Gasteiger partial charge in [-0.3, -0.25) is 9.36 Å². The van der Waals surface area contributed by atoms with Gasteiger partial charge in [-0.05, 0) is 35.6 Å². The Bertz CT molecular complexity index is 1190. The van der Waals surface area contributed by atoms with Gasteiger partial charge in [-0.1, -0.05) is 61.2 Å². The molecule has 4 rings (SSSR count). The summed E-state index contributed by atoms with van der Waals surface area (Å²) in [6, 6.07) is 20.1. The first-order valence-corrected chi connectivity index (χ1v) is 12.6. The van der Waals surface area contributed by atoms with Crippen LogP contribution in [0.1, 0.15) is 22.9 Å². The first-order chi connectivity index (χ1) is 16.2. The molecular weight excluding hydrogens is 452 g/mol. The minimum absolute atomic E-state index is 0.0395. The number of amides is 1. The molecule has 0 radical (unpaired) electrons. The molecule has 0 bridgehead atoms. The molecule has 170 valence electrons. The number of rotatable bonds is 10. The van der Waals surface area contributed by atoms with Crippen molar-refractivity contribution in [2.24, 2.45) is 0 Å². The molecular formula is C25H26N4O2S2. The van der Waals surface area contributed by atoms with Crippen LogP contribution in [0.5, 0.6) is 5.75 Å². The zero-order valence-electron chi connectivity index (χ0n) is 18.7. The Balaban J connectivity index is 1.51. The van der Waals surface area contributed by atoms with E-state index < -0.39 is 0 Å². The lowest BCUT2D eigenvalue weighted by molar-refractivity contribution is -0.129. The molecule has 33 heavy (non-hydrogen) atoms. The number of ether oxygens (including phenoxy) is 1. The van der Waals surface area contributed by atoms with Gasteiger partial charge in [0.05, 0.1) is 25.1 Å². The number of carbonyl (C=O) groups is 1. The predicted molar refractivity (Wildman–Crippen MR) is 133 cm³/mol. The van der Waals surface area contributed by atoms with Gasteiger partial charge in [-0.15, -0.1) is 21.5 Å². The second-order valence-electron chi connectivity index (χ2n) is 7.40. The van der Waals surface area contributed by atoms with Crippen LogP contribution in [0.15, 0.2) is 77.5 Å². The fourth-order valence-electron chi connectivity index (χ4n) is 3.61. The maximum atomic E-state index is 13.4. The van der Waals surface area contributed by atoms with Crippen LogP contribution in [0.25, 0.3) is 5.69 Å². The van der Waals surface area contributed by atoms with E-state index >= 15 is 0 Å². The average molecular weight is 479 g/mol. The molecule has 6 nitrogen and oxygen atoms in total. The van der Waals surface area contributed by atoms with Crippen molar-refractivity contribution in [2.45, 2.75) is 31.6 Å². The summed E-state index contributed by atoms with van der Waals surface area (Å²) >= 11 is 3.06. The van der Waals surface area contributed by atoms with E-state index in [1.165, 1.54) is 17.3 Å². The molecule has 0 fully saturated rings. The van der Waals surface area contributed by atoms with E-state index in [-0.39, 0.29) is 11.7 Å². The number of nitrogens with zero attached hydrogens (tertiary/aromatic N) is 4. The summed E-state index contributed by atoms with van der Waals surface area (Å²) in [5.74, 6) is 1.09. The third-order valence-corrected chi connectivity index (χ3v) is 7.10. The van der Waals surface area contributed by atoms with Crippen molar-refractivity contribution in [3.63, 3.8) is 0 Å². The maximum Gasteiger partial charge on any atom is 0.233 e. The number of hydrogen-bond donors (Lipinski definition) is 0. The smallest absolute Gasteiger partial charge is 0.233 e. The normalized spacial score (nSPS) is 10.8. The first kappa shape index (κ1) is 23.1. The van der Waals surface area contributed by atoms with E-state index in [0.717, 1.165) is 28.3 Å². The van der Waals surface area contributed by atoms with Crippen LogP contribution in [0.4, 0.5) is 0 Å². The molecule has 0 spiro atoms. The molecule has 2 aromatic heterocycles. The van der Waals surface area contributed by atoms with Crippen molar-refractivity contribution < 1.29 is 9.53 Å². The highest BCUT2D eigenvalue weighted by Gasteiger charge is 2.19. The molecule has 0 saturated heterocycles. The molecule has 0 aliphatic rings. The Morgan fingerprint density at radius 1 is 1.06 bits per heavy atom. The fraction of sp³-hybridized carbons (Fsp3) is 0.240. The summed E-state index contributed by atoms with van der Waals surface area (Å²) in [5, 5.41) is 11.1. The summed E-state index contributed by atoms with van der Waals surface area (Å²) in [5.41, 5.74) is 3.24. The standard InChI is InChI=1S/C25H26N4O2S2/c1-3-19-9-4-6-12-22(19)29-18-26-27-25(29)33-17-24(30)28(16-21-11-8-14-32-21)15-20-10-5-7-13-23(20)31-2/h4-14,18H,3,15-17H2,1-2H3. The number of hydrogen-bond acceptors (Lipinski definition) is 6. The van der Waals surface area contributed by atoms with E-state index in [9.17, 15) is 4.79 Å². The number of thiophene rings is 1. The fourth-order valence-corrected chi connectivity index (χ4v) is 5.16. The number of carbonyl (C=O) groups excluding carboxylic acids is 1. The van der Waals surface area contributed by atoms with Gasteiger partial charge in [0.15, 0.2) is 5.16 Å². The zero-order valence-corrected chi connectivity index (χ0v) is 20.3. The highest BCUT2D eigenvalue weighted by Crippen LogP contribution is 2.25. The summed E-state index contributed by atoms with van der Waals surface area (Å²) in [4.78, 5) is 16.4. The van der Waals surface area contributed by atoms with Gasteiger partial charge in [0.25, 0.3) is 0 Å². The Hall–Kier alpha value is -3.10. The molecule has 2 aromatic carbocycles. The molecule has 4 aromatic rings. The summed E-state index contributed by atoms with van der Waals surface area (Å²) < 4.78 is 7.46. The van der Waals surface area contributed by atoms with Crippen LogP contribution < -0.4 is 4.74 Å². The van der Waals surface area contributed by atoms with Gasteiger partial charge in [0.1, 0.15) is 12.1 Å². The molecule has 2 heterocycles. The van der Waals surface area contributed by atoms with Crippen molar-refractivity contribution in [3.8, 4) is 11.4 Å². The second-order valence-corrected chi connectivity index (χ2v) is 9.37. The average Bonchev–Trinajstić information content (AvgIpc) is 3.54. The number of aryl methyl sites for hydroxylation is 1. The Kier molecular flexibility index (Phi) is 7.80. The van der Waals surface area contributed by atoms with Gasteiger partial charge < -0.3 is 9.64 Å². The van der Waals surface area contributed by atoms with Crippen LogP contribution in [0, 0.1) is 0 Å². The summed E-state index contributed by atoms with van der Waals surface area (Å²) in [7, 11) is 1.65. The van der Waals surface area contributed by atoms with Gasteiger partial charge in [0, 0.05) is 17.0 Å². The minimum Gasteiger partial charge on any atom is -0.496 e. The van der Waals surface area contributed by atoms with Crippen molar-refractivity contribution >= 4 is 29.0 Å². The topological polar surface area (TPSA) is 60.2 Å². The highest BCUT2D eigenvalue weighted by atomic mass is 32.2. The van der Waals surface area contributed by atoms with Crippen LogP contribution in [0.2, 0.25) is 0 Å². The zero-order chi connectivity index (χ0) is 23.0. The largest absolute Gasteiger partial charge is 0.496 e. The number of thioether (sulfide) groups is 1. The van der Waals surface area contributed by atoms with Crippen LogP contribution in [-0.2, 0) is 24.3 Å². The third kappa shape index (κ3) is 5.64. The molecule has 0 N–H and O–H groups in total. The maximum absolute atomic E-state index is 13.4. The van der Waals surface area contributed by atoms with Gasteiger partial charge >= 0.3 is 0 Å². The van der Waals surface area contributed by atoms with Crippen LogP contribution in [0.3, 0.4) is 0 Å². The summed E-state index contributed by atoms with van der Waals surface area (Å²) in [6.07, 6.45) is 2.62. The monoisotopic (exact) mass is 478 g/mol. The van der Waals surface area contributed by atoms with Gasteiger partial charge in [0.2, 0.25) is 5.91 Å². The van der Waals surface area contributed by atoms with Crippen LogP contribution in [-0.4, -0.2) is 38.4 Å². The lowest BCUT2D eigenvalue weighted by Crippen LogP contribution is -2.31. The lowest BCUT2D eigenvalue weighted by Gasteiger charge is -2.23. The number of aromatic nitrogens is 3.